The van der Waals surface area contributed by atoms with Gasteiger partial charge in [0.2, 0.25) is 0 Å². The summed E-state index contributed by atoms with van der Waals surface area (Å²) in [6, 6.07) is 4.91. The second kappa shape index (κ2) is 6.64. The molecule has 0 fully saturated rings. The van der Waals surface area contributed by atoms with E-state index in [0.717, 1.165) is 0 Å². The van der Waals surface area contributed by atoms with E-state index >= 15 is 0 Å². The van der Waals surface area contributed by atoms with Crippen molar-refractivity contribution in [1.29, 1.82) is 0 Å². The number of carbonyl (C=O) groups excluding carboxylic acids is 1. The number of halogens is 2. The molecule has 7 heteroatoms. The minimum absolute atomic E-state index is 0.127. The predicted molar refractivity (Wildman–Crippen MR) is 72.8 cm³/mol. The molecule has 17 heavy (non-hydrogen) atoms. The SMILES string of the molecule is CCOC(=O)NC(=S)Nc1ccc(Cl)c(Cl)c1. The number of hydrogen-bond acceptors (Lipinski definition) is 3. The number of amides is 1. The fraction of sp³-hybridized carbons (Fsp3) is 0.200. The summed E-state index contributed by atoms with van der Waals surface area (Å²) >= 11 is 16.5. The van der Waals surface area contributed by atoms with Gasteiger partial charge in [-0.3, -0.25) is 5.32 Å². The lowest BCUT2D eigenvalue weighted by atomic mass is 10.3. The van der Waals surface area contributed by atoms with Gasteiger partial charge in [0.05, 0.1) is 16.7 Å². The zero-order valence-electron chi connectivity index (χ0n) is 8.92. The quantitative estimate of drug-likeness (QED) is 0.820. The number of rotatable bonds is 2. The fourth-order valence-corrected chi connectivity index (χ4v) is 1.50. The predicted octanol–water partition coefficient (Wildman–Crippen LogP) is 3.44. The van der Waals surface area contributed by atoms with Crippen LogP contribution in [0.3, 0.4) is 0 Å². The van der Waals surface area contributed by atoms with E-state index in [1.807, 2.05) is 0 Å². The fourth-order valence-electron chi connectivity index (χ4n) is 0.996. The third kappa shape index (κ3) is 4.77. The van der Waals surface area contributed by atoms with Gasteiger partial charge >= 0.3 is 6.09 Å². The largest absolute Gasteiger partial charge is 0.450 e. The van der Waals surface area contributed by atoms with Crippen LogP contribution in [0.4, 0.5) is 10.5 Å². The normalized spacial score (nSPS) is 9.59. The number of alkyl carbamates (subject to hydrolysis) is 1. The maximum absolute atomic E-state index is 11.1. The minimum Gasteiger partial charge on any atom is -0.450 e. The summed E-state index contributed by atoms with van der Waals surface area (Å²) < 4.78 is 4.67. The molecule has 0 saturated carbocycles. The van der Waals surface area contributed by atoms with Crippen LogP contribution >= 0.6 is 35.4 Å². The Labute approximate surface area is 114 Å². The van der Waals surface area contributed by atoms with Crippen LogP contribution in [0.25, 0.3) is 0 Å². The number of carbonyl (C=O) groups is 1. The van der Waals surface area contributed by atoms with E-state index in [9.17, 15) is 4.79 Å². The van der Waals surface area contributed by atoms with E-state index in [4.69, 9.17) is 35.4 Å². The highest BCUT2D eigenvalue weighted by atomic mass is 35.5. The Morgan fingerprint density at radius 3 is 2.71 bits per heavy atom. The Hall–Kier alpha value is -1.04. The maximum atomic E-state index is 11.1. The van der Waals surface area contributed by atoms with Gasteiger partial charge in [0.25, 0.3) is 0 Å². The van der Waals surface area contributed by atoms with Crippen LogP contribution in [0, 0.1) is 0 Å². The summed E-state index contributed by atoms with van der Waals surface area (Å²) in [7, 11) is 0. The van der Waals surface area contributed by atoms with Crippen LogP contribution in [-0.4, -0.2) is 17.8 Å². The van der Waals surface area contributed by atoms with Crippen molar-refractivity contribution < 1.29 is 9.53 Å². The third-order valence-corrected chi connectivity index (χ3v) is 2.61. The number of thiocarbonyl (C=S) groups is 1. The highest BCUT2D eigenvalue weighted by molar-refractivity contribution is 7.80. The molecule has 0 aliphatic carbocycles. The summed E-state index contributed by atoms with van der Waals surface area (Å²) in [5.74, 6) is 0. The van der Waals surface area contributed by atoms with Crippen LogP contribution in [0.1, 0.15) is 6.92 Å². The van der Waals surface area contributed by atoms with E-state index in [-0.39, 0.29) is 11.7 Å². The molecule has 0 aliphatic heterocycles. The number of nitrogens with one attached hydrogen (secondary N) is 2. The van der Waals surface area contributed by atoms with Crippen molar-refractivity contribution in [3.05, 3.63) is 28.2 Å². The molecule has 4 nitrogen and oxygen atoms in total. The average molecular weight is 293 g/mol. The lowest BCUT2D eigenvalue weighted by molar-refractivity contribution is 0.158. The third-order valence-electron chi connectivity index (χ3n) is 1.67. The molecule has 1 aromatic carbocycles. The molecule has 0 saturated heterocycles. The molecule has 2 N–H and O–H groups in total. The van der Waals surface area contributed by atoms with Gasteiger partial charge in [-0.05, 0) is 37.3 Å². The molecular weight excluding hydrogens is 283 g/mol. The minimum atomic E-state index is -0.606. The number of anilines is 1. The molecule has 92 valence electrons. The van der Waals surface area contributed by atoms with Crippen molar-refractivity contribution >= 4 is 52.3 Å². The van der Waals surface area contributed by atoms with Crippen molar-refractivity contribution in [2.75, 3.05) is 11.9 Å². The first-order valence-electron chi connectivity index (χ1n) is 4.72. The maximum Gasteiger partial charge on any atom is 0.413 e. The summed E-state index contributed by atoms with van der Waals surface area (Å²) in [6.45, 7) is 1.98. The number of benzene rings is 1. The molecule has 1 aromatic rings. The zero-order chi connectivity index (χ0) is 12.8. The lowest BCUT2D eigenvalue weighted by Gasteiger charge is -2.09. The van der Waals surface area contributed by atoms with Gasteiger partial charge in [-0.25, -0.2) is 4.79 Å². The Bertz CT molecular complexity index is 440. The average Bonchev–Trinajstić information content (AvgIpc) is 2.23. The standard InChI is InChI=1S/C10H10Cl2N2O2S/c1-2-16-10(15)14-9(17)13-6-3-4-7(11)8(12)5-6/h3-5H,2H2,1H3,(H2,13,14,15,17). The first-order chi connectivity index (χ1) is 8.02. The van der Waals surface area contributed by atoms with Crippen LogP contribution in [0.5, 0.6) is 0 Å². The molecule has 0 unspecified atom stereocenters. The Balaban J connectivity index is 2.56. The number of ether oxygens (including phenoxy) is 1. The zero-order valence-corrected chi connectivity index (χ0v) is 11.2. The Morgan fingerprint density at radius 1 is 1.41 bits per heavy atom. The number of hydrogen-bond donors (Lipinski definition) is 2. The van der Waals surface area contributed by atoms with Crippen molar-refractivity contribution in [2.45, 2.75) is 6.92 Å². The highest BCUT2D eigenvalue weighted by Gasteiger charge is 2.05. The van der Waals surface area contributed by atoms with Crippen LogP contribution in [-0.2, 0) is 4.74 Å². The Morgan fingerprint density at radius 2 is 2.12 bits per heavy atom. The molecule has 0 aromatic heterocycles. The van der Waals surface area contributed by atoms with Gasteiger partial charge in [0, 0.05) is 5.69 Å². The van der Waals surface area contributed by atoms with E-state index in [1.54, 1.807) is 25.1 Å². The second-order valence-corrected chi connectivity index (χ2v) is 4.15. The van der Waals surface area contributed by atoms with Gasteiger partial charge in [-0.2, -0.15) is 0 Å². The summed E-state index contributed by atoms with van der Waals surface area (Å²) in [5.41, 5.74) is 0.626. The van der Waals surface area contributed by atoms with Gasteiger partial charge in [-0.1, -0.05) is 23.2 Å². The van der Waals surface area contributed by atoms with Gasteiger partial charge in [-0.15, -0.1) is 0 Å². The van der Waals surface area contributed by atoms with Crippen LogP contribution in [0.2, 0.25) is 10.0 Å². The van der Waals surface area contributed by atoms with Crippen molar-refractivity contribution in [3.63, 3.8) is 0 Å². The molecule has 0 aliphatic rings. The first kappa shape index (κ1) is 14.0. The summed E-state index contributed by atoms with van der Waals surface area (Å²) in [5, 5.41) is 6.09. The van der Waals surface area contributed by atoms with E-state index in [0.29, 0.717) is 15.7 Å². The summed E-state index contributed by atoms with van der Waals surface area (Å²) in [6.07, 6.45) is -0.606. The molecule has 0 bridgehead atoms. The van der Waals surface area contributed by atoms with Crippen LogP contribution in [0.15, 0.2) is 18.2 Å². The molecule has 1 rings (SSSR count). The smallest absolute Gasteiger partial charge is 0.413 e. The van der Waals surface area contributed by atoms with Gasteiger partial charge < -0.3 is 10.1 Å². The Kier molecular flexibility index (Phi) is 5.47. The van der Waals surface area contributed by atoms with Crippen molar-refractivity contribution in [1.82, 2.24) is 5.32 Å². The van der Waals surface area contributed by atoms with Crippen molar-refractivity contribution in [2.24, 2.45) is 0 Å². The topological polar surface area (TPSA) is 50.4 Å². The van der Waals surface area contributed by atoms with E-state index in [1.165, 1.54) is 0 Å². The monoisotopic (exact) mass is 292 g/mol. The van der Waals surface area contributed by atoms with Gasteiger partial charge in [0.1, 0.15) is 0 Å². The van der Waals surface area contributed by atoms with Crippen LogP contribution < -0.4 is 10.6 Å². The highest BCUT2D eigenvalue weighted by Crippen LogP contribution is 2.24. The molecule has 0 radical (unpaired) electrons. The lowest BCUT2D eigenvalue weighted by Crippen LogP contribution is -2.34. The molecule has 0 atom stereocenters. The van der Waals surface area contributed by atoms with Crippen molar-refractivity contribution in [3.8, 4) is 0 Å². The molecule has 0 heterocycles. The van der Waals surface area contributed by atoms with E-state index in [2.05, 4.69) is 15.4 Å². The second-order valence-electron chi connectivity index (χ2n) is 2.93. The summed E-state index contributed by atoms with van der Waals surface area (Å²) in [4.78, 5) is 11.1. The molecule has 1 amide bonds. The first-order valence-corrected chi connectivity index (χ1v) is 5.89. The van der Waals surface area contributed by atoms with E-state index < -0.39 is 6.09 Å². The molecular formula is C10H10Cl2N2O2S. The molecule has 0 spiro atoms. The van der Waals surface area contributed by atoms with Gasteiger partial charge in [0.15, 0.2) is 5.11 Å².